The normalized spacial score (nSPS) is 20.0. The summed E-state index contributed by atoms with van der Waals surface area (Å²) in [5, 5.41) is 1.67. The average Bonchev–Trinajstić information content (AvgIpc) is 2.92. The Labute approximate surface area is 131 Å². The Morgan fingerprint density at radius 2 is 1.95 bits per heavy atom. The molecule has 1 aliphatic carbocycles. The van der Waals surface area contributed by atoms with Crippen LogP contribution in [0.5, 0.6) is 0 Å². The number of likely N-dealkylation sites (N-methyl/N-ethyl adjacent to an activating group) is 1. The van der Waals surface area contributed by atoms with E-state index >= 15 is 0 Å². The van der Waals surface area contributed by atoms with E-state index in [9.17, 15) is 0 Å². The first-order chi connectivity index (χ1) is 10.0. The first kappa shape index (κ1) is 14.9. The summed E-state index contributed by atoms with van der Waals surface area (Å²) in [6.45, 7) is 0. The highest BCUT2D eigenvalue weighted by Gasteiger charge is 2.42. The van der Waals surface area contributed by atoms with Crippen LogP contribution in [0.4, 0.5) is 0 Å². The highest BCUT2D eigenvalue weighted by molar-refractivity contribution is 6.34. The zero-order chi connectivity index (χ0) is 15.0. The van der Waals surface area contributed by atoms with Gasteiger partial charge in [0.25, 0.3) is 0 Å². The van der Waals surface area contributed by atoms with Crippen molar-refractivity contribution < 1.29 is 4.42 Å². The van der Waals surface area contributed by atoms with Crippen LogP contribution in [0.2, 0.25) is 5.02 Å². The summed E-state index contributed by atoms with van der Waals surface area (Å²) in [4.78, 5) is 2.28. The van der Waals surface area contributed by atoms with Crippen LogP contribution in [0.25, 0.3) is 11.0 Å². The van der Waals surface area contributed by atoms with E-state index < -0.39 is 0 Å². The van der Waals surface area contributed by atoms with Crippen molar-refractivity contribution in [3.8, 4) is 0 Å². The highest BCUT2D eigenvalue weighted by atomic mass is 35.5. The van der Waals surface area contributed by atoms with Crippen LogP contribution in [-0.2, 0) is 0 Å². The van der Waals surface area contributed by atoms with E-state index in [1.807, 2.05) is 24.3 Å². The van der Waals surface area contributed by atoms with Gasteiger partial charge in [-0.2, -0.15) is 0 Å². The molecule has 3 nitrogen and oxygen atoms in total. The van der Waals surface area contributed by atoms with Crippen molar-refractivity contribution in [3.63, 3.8) is 0 Å². The fourth-order valence-corrected chi connectivity index (χ4v) is 3.89. The molecular formula is C17H23ClN2O. The Bertz CT molecular complexity index is 629. The Morgan fingerprint density at radius 3 is 2.57 bits per heavy atom. The van der Waals surface area contributed by atoms with E-state index in [1.165, 1.54) is 19.3 Å². The van der Waals surface area contributed by atoms with Gasteiger partial charge < -0.3 is 15.1 Å². The molecule has 1 aromatic heterocycles. The predicted octanol–water partition coefficient (Wildman–Crippen LogP) is 4.35. The van der Waals surface area contributed by atoms with Crippen molar-refractivity contribution in [1.29, 1.82) is 0 Å². The Hall–Kier alpha value is -1.03. The lowest BCUT2D eigenvalue weighted by Crippen LogP contribution is -2.53. The molecule has 0 radical (unpaired) electrons. The number of halogens is 1. The molecule has 1 aromatic carbocycles. The lowest BCUT2D eigenvalue weighted by atomic mass is 9.75. The van der Waals surface area contributed by atoms with Crippen molar-refractivity contribution in [3.05, 3.63) is 35.0 Å². The van der Waals surface area contributed by atoms with Gasteiger partial charge in [-0.15, -0.1) is 0 Å². The van der Waals surface area contributed by atoms with Crippen LogP contribution in [0.3, 0.4) is 0 Å². The molecule has 0 spiro atoms. The lowest BCUT2D eigenvalue weighted by molar-refractivity contribution is 0.0641. The largest absolute Gasteiger partial charge is 0.458 e. The van der Waals surface area contributed by atoms with Crippen LogP contribution in [0, 0.1) is 0 Å². The maximum Gasteiger partial charge on any atom is 0.152 e. The summed E-state index contributed by atoms with van der Waals surface area (Å²) in [5.74, 6) is 0.841. The fourth-order valence-electron chi connectivity index (χ4n) is 3.67. The molecule has 0 aliphatic heterocycles. The first-order valence-electron chi connectivity index (χ1n) is 7.65. The second-order valence-electron chi connectivity index (χ2n) is 6.34. The SMILES string of the molecule is CN(C)C1(C(N)c2cc3cccc(Cl)c3o2)CCCCC1. The highest BCUT2D eigenvalue weighted by Crippen LogP contribution is 2.42. The van der Waals surface area contributed by atoms with Crippen molar-refractivity contribution in [2.45, 2.75) is 43.7 Å². The molecule has 0 amide bonds. The van der Waals surface area contributed by atoms with Gasteiger partial charge >= 0.3 is 0 Å². The van der Waals surface area contributed by atoms with Gasteiger partial charge in [0.05, 0.1) is 11.1 Å². The quantitative estimate of drug-likeness (QED) is 0.916. The van der Waals surface area contributed by atoms with Crippen LogP contribution >= 0.6 is 11.6 Å². The molecule has 0 bridgehead atoms. The molecule has 1 heterocycles. The van der Waals surface area contributed by atoms with Gasteiger partial charge in [0.2, 0.25) is 0 Å². The minimum atomic E-state index is -0.128. The molecule has 4 heteroatoms. The summed E-state index contributed by atoms with van der Waals surface area (Å²) >= 11 is 6.21. The summed E-state index contributed by atoms with van der Waals surface area (Å²) in [7, 11) is 4.25. The van der Waals surface area contributed by atoms with Gasteiger partial charge in [-0.1, -0.05) is 43.0 Å². The number of rotatable bonds is 3. The van der Waals surface area contributed by atoms with E-state index in [2.05, 4.69) is 19.0 Å². The fraction of sp³-hybridized carbons (Fsp3) is 0.529. The van der Waals surface area contributed by atoms with Crippen molar-refractivity contribution in [2.24, 2.45) is 5.73 Å². The molecule has 0 saturated heterocycles. The maximum atomic E-state index is 6.64. The third-order valence-corrected chi connectivity index (χ3v) is 5.31. The molecular weight excluding hydrogens is 284 g/mol. The molecule has 1 atom stereocenters. The molecule has 2 N–H and O–H groups in total. The van der Waals surface area contributed by atoms with Gasteiger partial charge in [-0.3, -0.25) is 0 Å². The Kier molecular flexibility index (Phi) is 4.00. The number of nitrogens with two attached hydrogens (primary N) is 1. The number of furan rings is 1. The van der Waals surface area contributed by atoms with Gasteiger partial charge in [0.1, 0.15) is 5.76 Å². The molecule has 3 rings (SSSR count). The second-order valence-corrected chi connectivity index (χ2v) is 6.75. The van der Waals surface area contributed by atoms with Crippen LogP contribution in [0.15, 0.2) is 28.7 Å². The number of benzene rings is 1. The number of hydrogen-bond acceptors (Lipinski definition) is 3. The Balaban J connectivity index is 2.01. The average molecular weight is 307 g/mol. The van der Waals surface area contributed by atoms with E-state index in [-0.39, 0.29) is 11.6 Å². The zero-order valence-electron chi connectivity index (χ0n) is 12.7. The standard InChI is InChI=1S/C17H23ClN2O/c1-20(2)17(9-4-3-5-10-17)16(19)14-11-12-7-6-8-13(18)15(12)21-14/h6-8,11,16H,3-5,9-10,19H2,1-2H3. The molecule has 21 heavy (non-hydrogen) atoms. The molecule has 1 aliphatic rings. The third kappa shape index (κ3) is 2.48. The predicted molar refractivity (Wildman–Crippen MR) is 87.7 cm³/mol. The number of para-hydroxylation sites is 1. The van der Waals surface area contributed by atoms with Gasteiger partial charge in [0, 0.05) is 10.9 Å². The third-order valence-electron chi connectivity index (χ3n) is 5.01. The topological polar surface area (TPSA) is 42.4 Å². The van der Waals surface area contributed by atoms with E-state index in [1.54, 1.807) is 0 Å². The van der Waals surface area contributed by atoms with Crippen molar-refractivity contribution in [1.82, 2.24) is 4.90 Å². The van der Waals surface area contributed by atoms with Crippen molar-refractivity contribution >= 4 is 22.6 Å². The lowest BCUT2D eigenvalue weighted by Gasteiger charge is -2.46. The minimum Gasteiger partial charge on any atom is -0.458 e. The number of nitrogens with zero attached hydrogens (tertiary/aromatic N) is 1. The van der Waals surface area contributed by atoms with Gasteiger partial charge in [-0.05, 0) is 39.1 Å². The van der Waals surface area contributed by atoms with Crippen molar-refractivity contribution in [2.75, 3.05) is 14.1 Å². The molecule has 2 aromatic rings. The van der Waals surface area contributed by atoms with Gasteiger partial charge in [0.15, 0.2) is 5.58 Å². The van der Waals surface area contributed by atoms with Crippen LogP contribution < -0.4 is 5.73 Å². The van der Waals surface area contributed by atoms with Crippen LogP contribution in [0.1, 0.15) is 43.9 Å². The zero-order valence-corrected chi connectivity index (χ0v) is 13.5. The smallest absolute Gasteiger partial charge is 0.152 e. The van der Waals surface area contributed by atoms with Gasteiger partial charge in [-0.25, -0.2) is 0 Å². The molecule has 1 saturated carbocycles. The molecule has 1 unspecified atom stereocenters. The summed E-state index contributed by atoms with van der Waals surface area (Å²) in [6, 6.07) is 7.73. The summed E-state index contributed by atoms with van der Waals surface area (Å²) < 4.78 is 6.01. The number of fused-ring (bicyclic) bond motifs is 1. The summed E-state index contributed by atoms with van der Waals surface area (Å²) in [5.41, 5.74) is 7.37. The second kappa shape index (κ2) is 5.64. The van der Waals surface area contributed by atoms with Crippen LogP contribution in [-0.4, -0.2) is 24.5 Å². The minimum absolute atomic E-state index is 0.0153. The summed E-state index contributed by atoms with van der Waals surface area (Å²) in [6.07, 6.45) is 5.99. The van der Waals surface area contributed by atoms with E-state index in [4.69, 9.17) is 21.8 Å². The monoisotopic (exact) mass is 306 g/mol. The van der Waals surface area contributed by atoms with E-state index in [0.717, 1.165) is 29.6 Å². The van der Waals surface area contributed by atoms with E-state index in [0.29, 0.717) is 5.02 Å². The number of hydrogen-bond donors (Lipinski definition) is 1. The first-order valence-corrected chi connectivity index (χ1v) is 8.03. The molecule has 1 fully saturated rings. The molecule has 114 valence electrons. The Morgan fingerprint density at radius 1 is 1.24 bits per heavy atom. The maximum absolute atomic E-state index is 6.64.